The van der Waals surface area contributed by atoms with Gasteiger partial charge < -0.3 is 15.4 Å². The Bertz CT molecular complexity index is 1930. The van der Waals surface area contributed by atoms with Crippen LogP contribution in [0.25, 0.3) is 5.57 Å². The minimum absolute atomic E-state index is 0.00556. The van der Waals surface area contributed by atoms with E-state index in [4.69, 9.17) is 16.3 Å². The number of ether oxygens (including phenoxy) is 1. The average Bonchev–Trinajstić information content (AvgIpc) is 3.01. The van der Waals surface area contributed by atoms with Crippen molar-refractivity contribution in [1.82, 2.24) is 10.6 Å². The molecule has 0 bridgehead atoms. The molecule has 1 amide bonds. The smallest absolute Gasteiger partial charge is 0.340 e. The zero-order valence-electron chi connectivity index (χ0n) is 21.8. The van der Waals surface area contributed by atoms with Gasteiger partial charge in [-0.15, -0.1) is 0 Å². The van der Waals surface area contributed by atoms with E-state index in [1.165, 1.54) is 31.2 Å². The van der Waals surface area contributed by atoms with E-state index in [9.17, 15) is 26.4 Å². The first-order valence-corrected chi connectivity index (χ1v) is 15.8. The Labute approximate surface area is 246 Å². The molecule has 5 rings (SSSR count). The number of sulfone groups is 2. The molecule has 0 atom stereocenters. The van der Waals surface area contributed by atoms with E-state index in [0.717, 1.165) is 23.6 Å². The van der Waals surface area contributed by atoms with Gasteiger partial charge in [-0.1, -0.05) is 48.0 Å². The number of allylic oxidation sites excluding steroid dienone is 1. The second-order valence-corrected chi connectivity index (χ2v) is 13.2. The van der Waals surface area contributed by atoms with Crippen molar-refractivity contribution >= 4 is 48.7 Å². The Morgan fingerprint density at radius 3 is 2.29 bits per heavy atom. The predicted molar refractivity (Wildman–Crippen MR) is 153 cm³/mol. The lowest BCUT2D eigenvalue weighted by Gasteiger charge is -2.27. The third-order valence-electron chi connectivity index (χ3n) is 6.48. The van der Waals surface area contributed by atoms with Crippen LogP contribution < -0.4 is 10.6 Å². The monoisotopic (exact) mass is 628 g/mol. The van der Waals surface area contributed by atoms with Crippen LogP contribution in [-0.4, -0.2) is 41.9 Å². The van der Waals surface area contributed by atoms with Crippen LogP contribution in [0, 0.1) is 5.82 Å². The highest BCUT2D eigenvalue weighted by Crippen LogP contribution is 2.46. The average molecular weight is 629 g/mol. The Morgan fingerprint density at radius 2 is 1.60 bits per heavy atom. The maximum absolute atomic E-state index is 15.4. The van der Waals surface area contributed by atoms with Crippen molar-refractivity contribution < 1.29 is 35.6 Å². The number of nitrogens with one attached hydrogen (secondary N) is 2. The molecule has 0 radical (unpaired) electrons. The summed E-state index contributed by atoms with van der Waals surface area (Å²) in [7, 11) is -8.99. The molecule has 0 spiro atoms. The molecule has 2 heterocycles. The lowest BCUT2D eigenvalue weighted by molar-refractivity contribution is -0.138. The number of amides is 1. The molecule has 216 valence electrons. The van der Waals surface area contributed by atoms with Crippen molar-refractivity contribution in [3.63, 3.8) is 0 Å². The van der Waals surface area contributed by atoms with Gasteiger partial charge in [0.2, 0.25) is 19.7 Å². The normalized spacial score (nSPS) is 16.8. The minimum Gasteiger partial charge on any atom is -0.460 e. The van der Waals surface area contributed by atoms with Gasteiger partial charge in [0.05, 0.1) is 38.0 Å². The number of hydrogen-bond acceptors (Lipinski definition) is 8. The van der Waals surface area contributed by atoms with E-state index < -0.39 is 63.2 Å². The van der Waals surface area contributed by atoms with Gasteiger partial charge in [0.15, 0.2) is 0 Å². The molecule has 3 aromatic carbocycles. The number of esters is 1. The molecule has 3 aromatic rings. The SMILES string of the molecule is CC1=C(C(=O)OCCNC(=O)c2ccccc2)C(c2c(F)cccc2Cl)=C2C(=CS(=O)(=O)c3ccccc3S2(=O)=O)N1. The molecule has 2 N–H and O–H groups in total. The van der Waals surface area contributed by atoms with Crippen molar-refractivity contribution in [3.05, 3.63) is 122 Å². The maximum Gasteiger partial charge on any atom is 0.340 e. The highest BCUT2D eigenvalue weighted by Gasteiger charge is 2.43. The Kier molecular flexibility index (Phi) is 7.80. The molecule has 0 aliphatic carbocycles. The number of fused-ring (bicyclic) bond motifs is 2. The van der Waals surface area contributed by atoms with Gasteiger partial charge in [-0.25, -0.2) is 26.0 Å². The van der Waals surface area contributed by atoms with Gasteiger partial charge in [-0.3, -0.25) is 4.79 Å². The highest BCUT2D eigenvalue weighted by atomic mass is 35.5. The third-order valence-corrected chi connectivity index (χ3v) is 10.3. The van der Waals surface area contributed by atoms with Gasteiger partial charge in [0.25, 0.3) is 5.91 Å². The van der Waals surface area contributed by atoms with Crippen LogP contribution in [0.4, 0.5) is 4.39 Å². The van der Waals surface area contributed by atoms with Gasteiger partial charge in [0.1, 0.15) is 17.3 Å². The predicted octanol–water partition coefficient (Wildman–Crippen LogP) is 4.14. The Morgan fingerprint density at radius 1 is 0.929 bits per heavy atom. The molecule has 2 aliphatic rings. The largest absolute Gasteiger partial charge is 0.460 e. The van der Waals surface area contributed by atoms with E-state index in [0.29, 0.717) is 5.56 Å². The van der Waals surface area contributed by atoms with Crippen molar-refractivity contribution in [2.45, 2.75) is 16.7 Å². The summed E-state index contributed by atoms with van der Waals surface area (Å²) in [6.45, 7) is 0.993. The summed E-state index contributed by atoms with van der Waals surface area (Å²) in [6.07, 6.45) is 0. The molecule has 9 nitrogen and oxygen atoms in total. The van der Waals surface area contributed by atoms with Crippen LogP contribution in [0.3, 0.4) is 0 Å². The minimum atomic E-state index is -4.69. The molecule has 0 aromatic heterocycles. The summed E-state index contributed by atoms with van der Waals surface area (Å²) in [5, 5.41) is 5.80. The van der Waals surface area contributed by atoms with Gasteiger partial charge >= 0.3 is 5.97 Å². The first-order valence-electron chi connectivity index (χ1n) is 12.4. The summed E-state index contributed by atoms with van der Waals surface area (Å²) in [6, 6.07) is 17.0. The third kappa shape index (κ3) is 5.24. The Balaban J connectivity index is 1.61. The molecule has 0 saturated heterocycles. The van der Waals surface area contributed by atoms with Crippen LogP contribution in [-0.2, 0) is 29.2 Å². The quantitative estimate of drug-likeness (QED) is 0.307. The molecule has 13 heteroatoms. The summed E-state index contributed by atoms with van der Waals surface area (Å²) < 4.78 is 75.5. The topological polar surface area (TPSA) is 136 Å². The van der Waals surface area contributed by atoms with Crippen LogP contribution in [0.5, 0.6) is 0 Å². The van der Waals surface area contributed by atoms with E-state index in [2.05, 4.69) is 10.6 Å². The molecule has 2 aliphatic heterocycles. The van der Waals surface area contributed by atoms with E-state index in [1.54, 1.807) is 30.3 Å². The molecule has 42 heavy (non-hydrogen) atoms. The zero-order valence-corrected chi connectivity index (χ0v) is 24.2. The number of dihydropyridines is 1. The van der Waals surface area contributed by atoms with Gasteiger partial charge in [-0.05, 0) is 43.3 Å². The van der Waals surface area contributed by atoms with E-state index in [1.807, 2.05) is 0 Å². The van der Waals surface area contributed by atoms with Crippen molar-refractivity contribution in [3.8, 4) is 0 Å². The molecule has 0 unspecified atom stereocenters. The first kappa shape index (κ1) is 29.2. The Hall–Kier alpha value is -4.26. The molecule has 0 fully saturated rings. The standard InChI is InChI=1S/C29H22ClFN2O7S2/c1-17-24(29(35)40-15-14-32-28(34)18-8-3-2-4-9-18)26(25-19(30)10-7-11-20(25)31)27-21(33-17)16-41(36,37)22-12-5-6-13-23(22)42(27,38)39/h2-13,16,33H,14-15H2,1H3,(H,32,34). The highest BCUT2D eigenvalue weighted by molar-refractivity contribution is 7.99. The summed E-state index contributed by atoms with van der Waals surface area (Å²) in [5.41, 5.74) is -1.24. The van der Waals surface area contributed by atoms with Crippen LogP contribution in [0.2, 0.25) is 5.02 Å². The van der Waals surface area contributed by atoms with Gasteiger partial charge in [0, 0.05) is 22.4 Å². The van der Waals surface area contributed by atoms with E-state index >= 15 is 4.39 Å². The fourth-order valence-corrected chi connectivity index (χ4v) is 8.58. The fourth-order valence-electron chi connectivity index (χ4n) is 4.66. The van der Waals surface area contributed by atoms with Crippen LogP contribution >= 0.6 is 11.6 Å². The molecular formula is C29H22ClFN2O7S2. The lowest BCUT2D eigenvalue weighted by atomic mass is 9.92. The van der Waals surface area contributed by atoms with Crippen LogP contribution in [0.15, 0.2) is 110 Å². The van der Waals surface area contributed by atoms with Crippen LogP contribution in [0.1, 0.15) is 22.8 Å². The summed E-state index contributed by atoms with van der Waals surface area (Å²) in [5.74, 6) is -2.40. The number of carbonyl (C=O) groups excluding carboxylic acids is 2. The number of rotatable bonds is 6. The van der Waals surface area contributed by atoms with Crippen molar-refractivity contribution in [2.75, 3.05) is 13.2 Å². The summed E-state index contributed by atoms with van der Waals surface area (Å²) in [4.78, 5) is 24.1. The fraction of sp³-hybridized carbons (Fsp3) is 0.103. The lowest BCUT2D eigenvalue weighted by Crippen LogP contribution is -2.31. The first-order chi connectivity index (χ1) is 19.9. The molecule has 0 saturated carbocycles. The van der Waals surface area contributed by atoms with Crippen molar-refractivity contribution in [2.24, 2.45) is 0 Å². The number of benzene rings is 3. The van der Waals surface area contributed by atoms with Gasteiger partial charge in [-0.2, -0.15) is 0 Å². The second kappa shape index (κ2) is 11.2. The number of hydrogen-bond donors (Lipinski definition) is 2. The maximum atomic E-state index is 15.4. The molecular weight excluding hydrogens is 607 g/mol. The van der Waals surface area contributed by atoms with E-state index in [-0.39, 0.29) is 35.1 Å². The number of carbonyl (C=O) groups is 2. The summed E-state index contributed by atoms with van der Waals surface area (Å²) >= 11 is 6.37. The zero-order chi connectivity index (χ0) is 30.2. The second-order valence-electron chi connectivity index (χ2n) is 9.21. The van der Waals surface area contributed by atoms with Crippen molar-refractivity contribution in [1.29, 1.82) is 0 Å². The number of halogens is 2.